The van der Waals surface area contributed by atoms with Crippen LogP contribution in [-0.2, 0) is 15.1 Å². The van der Waals surface area contributed by atoms with Crippen molar-refractivity contribution < 1.29 is 14.3 Å². The van der Waals surface area contributed by atoms with E-state index in [2.05, 4.69) is 0 Å². The molecule has 1 aliphatic rings. The largest absolute Gasteiger partial charge is 0.424 e. The van der Waals surface area contributed by atoms with Gasteiger partial charge in [-0.15, -0.1) is 0 Å². The molecule has 1 heterocycles. The van der Waals surface area contributed by atoms with Gasteiger partial charge in [-0.2, -0.15) is 0 Å². The molecule has 2 aromatic rings. The fourth-order valence-corrected chi connectivity index (χ4v) is 1.98. The van der Waals surface area contributed by atoms with Crippen molar-refractivity contribution in [2.45, 2.75) is 12.5 Å². The second-order valence-electron chi connectivity index (χ2n) is 4.68. The molecule has 1 saturated heterocycles. The molecule has 0 bridgehead atoms. The lowest BCUT2D eigenvalue weighted by Gasteiger charge is -2.12. The molecule has 19 heavy (non-hydrogen) atoms. The van der Waals surface area contributed by atoms with Crippen LogP contribution in [0.3, 0.4) is 0 Å². The number of benzene rings is 2. The molecule has 2 aromatic carbocycles. The Hall–Kier alpha value is -2.13. The Morgan fingerprint density at radius 3 is 2.32 bits per heavy atom. The zero-order valence-electron chi connectivity index (χ0n) is 10.6. The molecule has 0 saturated carbocycles. The lowest BCUT2D eigenvalue weighted by atomic mass is 9.99. The van der Waals surface area contributed by atoms with Gasteiger partial charge in [-0.25, -0.2) is 4.79 Å². The molecular formula is C16H14O3. The van der Waals surface area contributed by atoms with Crippen molar-refractivity contribution in [3.05, 3.63) is 65.7 Å². The van der Waals surface area contributed by atoms with Gasteiger partial charge in [0.1, 0.15) is 5.75 Å². The van der Waals surface area contributed by atoms with Gasteiger partial charge in [0.2, 0.25) is 5.60 Å². The first-order chi connectivity index (χ1) is 9.21. The lowest BCUT2D eigenvalue weighted by Crippen LogP contribution is -2.27. The summed E-state index contributed by atoms with van der Waals surface area (Å²) < 4.78 is 10.7. The highest BCUT2D eigenvalue weighted by Crippen LogP contribution is 2.40. The first kappa shape index (κ1) is 11.9. The van der Waals surface area contributed by atoms with Crippen molar-refractivity contribution in [1.29, 1.82) is 0 Å². The third kappa shape index (κ3) is 2.25. The highest BCUT2D eigenvalue weighted by atomic mass is 16.6. The minimum absolute atomic E-state index is 0.359. The zero-order chi connectivity index (χ0) is 13.3. The minimum Gasteiger partial charge on any atom is -0.424 e. The summed E-state index contributed by atoms with van der Waals surface area (Å²) in [6.45, 7) is 2.38. The number of carbonyl (C=O) groups is 1. The summed E-state index contributed by atoms with van der Waals surface area (Å²) in [5.74, 6) is 0.178. The number of epoxide rings is 1. The average molecular weight is 254 g/mol. The SMILES string of the molecule is Cc1ccc(C2(C(=O)Oc3ccccc3)CO2)cc1. The van der Waals surface area contributed by atoms with E-state index in [-0.39, 0.29) is 5.97 Å². The van der Waals surface area contributed by atoms with E-state index < -0.39 is 5.60 Å². The molecule has 0 amide bonds. The fourth-order valence-electron chi connectivity index (χ4n) is 1.98. The third-order valence-electron chi connectivity index (χ3n) is 3.23. The summed E-state index contributed by atoms with van der Waals surface area (Å²) in [5, 5.41) is 0. The highest BCUT2D eigenvalue weighted by molar-refractivity contribution is 5.86. The lowest BCUT2D eigenvalue weighted by molar-refractivity contribution is -0.140. The number of carbonyl (C=O) groups excluding carboxylic acids is 1. The van der Waals surface area contributed by atoms with Gasteiger partial charge in [-0.05, 0) is 24.6 Å². The number of esters is 1. The number of rotatable bonds is 3. The van der Waals surface area contributed by atoms with Gasteiger partial charge in [-0.1, -0.05) is 48.0 Å². The van der Waals surface area contributed by atoms with Gasteiger partial charge in [0.15, 0.2) is 0 Å². The second kappa shape index (κ2) is 4.52. The maximum absolute atomic E-state index is 12.2. The van der Waals surface area contributed by atoms with E-state index in [9.17, 15) is 4.79 Å². The Kier molecular flexibility index (Phi) is 2.84. The normalized spacial score (nSPS) is 20.9. The molecule has 1 fully saturated rings. The standard InChI is InChI=1S/C16H14O3/c1-12-7-9-13(10-8-12)16(11-18-16)15(17)19-14-5-3-2-4-6-14/h2-10H,11H2,1H3. The van der Waals surface area contributed by atoms with Crippen LogP contribution in [-0.4, -0.2) is 12.6 Å². The van der Waals surface area contributed by atoms with E-state index in [0.717, 1.165) is 11.1 Å². The highest BCUT2D eigenvalue weighted by Gasteiger charge is 2.55. The Morgan fingerprint density at radius 1 is 1.11 bits per heavy atom. The molecule has 1 atom stereocenters. The van der Waals surface area contributed by atoms with Crippen molar-refractivity contribution in [2.24, 2.45) is 0 Å². The molecule has 3 rings (SSSR count). The Labute approximate surface area is 111 Å². The summed E-state index contributed by atoms with van der Waals surface area (Å²) in [4.78, 5) is 12.2. The maximum Gasteiger partial charge on any atom is 0.350 e. The molecule has 0 spiro atoms. The molecule has 0 N–H and O–H groups in total. The second-order valence-corrected chi connectivity index (χ2v) is 4.68. The first-order valence-electron chi connectivity index (χ1n) is 6.19. The van der Waals surface area contributed by atoms with Crippen LogP contribution in [0, 0.1) is 6.92 Å². The summed E-state index contributed by atoms with van der Waals surface area (Å²) in [6, 6.07) is 16.8. The van der Waals surface area contributed by atoms with E-state index in [1.165, 1.54) is 0 Å². The molecule has 3 heteroatoms. The molecular weight excluding hydrogens is 240 g/mol. The topological polar surface area (TPSA) is 38.8 Å². The van der Waals surface area contributed by atoms with Crippen LogP contribution < -0.4 is 4.74 Å². The Balaban J connectivity index is 1.81. The Morgan fingerprint density at radius 2 is 1.74 bits per heavy atom. The van der Waals surface area contributed by atoms with E-state index in [4.69, 9.17) is 9.47 Å². The summed E-state index contributed by atoms with van der Waals surface area (Å²) in [5.41, 5.74) is 1.08. The van der Waals surface area contributed by atoms with Crippen LogP contribution in [0.5, 0.6) is 5.75 Å². The van der Waals surface area contributed by atoms with Crippen LogP contribution in [0.25, 0.3) is 0 Å². The maximum atomic E-state index is 12.2. The predicted octanol–water partition coefficient (Wildman–Crippen LogP) is 2.83. The van der Waals surface area contributed by atoms with Gasteiger partial charge in [0.05, 0.1) is 6.61 Å². The number of hydrogen-bond acceptors (Lipinski definition) is 3. The predicted molar refractivity (Wildman–Crippen MR) is 70.9 cm³/mol. The smallest absolute Gasteiger partial charge is 0.350 e. The van der Waals surface area contributed by atoms with E-state index in [0.29, 0.717) is 12.4 Å². The van der Waals surface area contributed by atoms with Crippen LogP contribution in [0.1, 0.15) is 11.1 Å². The summed E-state index contributed by atoms with van der Waals surface area (Å²) >= 11 is 0. The van der Waals surface area contributed by atoms with Crippen LogP contribution >= 0.6 is 0 Å². The molecule has 0 radical (unpaired) electrons. The number of para-hydroxylation sites is 1. The number of ether oxygens (including phenoxy) is 2. The monoisotopic (exact) mass is 254 g/mol. The van der Waals surface area contributed by atoms with Gasteiger partial charge < -0.3 is 9.47 Å². The summed E-state index contributed by atoms with van der Waals surface area (Å²) in [6.07, 6.45) is 0. The van der Waals surface area contributed by atoms with Crippen molar-refractivity contribution in [2.75, 3.05) is 6.61 Å². The minimum atomic E-state index is -0.913. The molecule has 1 unspecified atom stereocenters. The molecule has 3 nitrogen and oxygen atoms in total. The Bertz CT molecular complexity index is 583. The van der Waals surface area contributed by atoms with Crippen LogP contribution in [0.2, 0.25) is 0 Å². The van der Waals surface area contributed by atoms with Crippen molar-refractivity contribution >= 4 is 5.97 Å². The molecule has 0 aromatic heterocycles. The van der Waals surface area contributed by atoms with Crippen molar-refractivity contribution in [3.63, 3.8) is 0 Å². The van der Waals surface area contributed by atoms with Gasteiger partial charge >= 0.3 is 5.97 Å². The molecule has 96 valence electrons. The zero-order valence-corrected chi connectivity index (χ0v) is 10.6. The van der Waals surface area contributed by atoms with Gasteiger partial charge in [0.25, 0.3) is 0 Å². The van der Waals surface area contributed by atoms with Crippen molar-refractivity contribution in [3.8, 4) is 5.75 Å². The van der Waals surface area contributed by atoms with Crippen molar-refractivity contribution in [1.82, 2.24) is 0 Å². The van der Waals surface area contributed by atoms with Gasteiger partial charge in [-0.3, -0.25) is 0 Å². The van der Waals surface area contributed by atoms with E-state index in [1.54, 1.807) is 12.1 Å². The fraction of sp³-hybridized carbons (Fsp3) is 0.188. The third-order valence-corrected chi connectivity index (χ3v) is 3.23. The molecule has 0 aliphatic carbocycles. The van der Waals surface area contributed by atoms with E-state index in [1.807, 2.05) is 49.4 Å². The van der Waals surface area contributed by atoms with E-state index >= 15 is 0 Å². The van der Waals surface area contributed by atoms with Crippen LogP contribution in [0.15, 0.2) is 54.6 Å². The quantitative estimate of drug-likeness (QED) is 0.480. The van der Waals surface area contributed by atoms with Crippen LogP contribution in [0.4, 0.5) is 0 Å². The summed E-state index contributed by atoms with van der Waals surface area (Å²) in [7, 11) is 0. The number of hydrogen-bond donors (Lipinski definition) is 0. The first-order valence-corrected chi connectivity index (χ1v) is 6.19. The average Bonchev–Trinajstić information content (AvgIpc) is 3.22. The molecule has 1 aliphatic heterocycles. The number of aryl methyl sites for hydroxylation is 1. The van der Waals surface area contributed by atoms with Gasteiger partial charge in [0, 0.05) is 0 Å².